The number of carbonyl (C=O) groups is 1. The summed E-state index contributed by atoms with van der Waals surface area (Å²) < 4.78 is 0. The van der Waals surface area contributed by atoms with E-state index < -0.39 is 0 Å². The molecule has 0 spiro atoms. The van der Waals surface area contributed by atoms with Gasteiger partial charge in [-0.1, -0.05) is 23.8 Å². The first-order valence-electron chi connectivity index (χ1n) is 8.62. The Morgan fingerprint density at radius 2 is 2.12 bits per heavy atom. The Kier molecular flexibility index (Phi) is 5.00. The summed E-state index contributed by atoms with van der Waals surface area (Å²) in [5, 5.41) is 7.14. The van der Waals surface area contributed by atoms with Gasteiger partial charge in [-0.2, -0.15) is 5.10 Å². The zero-order valence-electron chi connectivity index (χ0n) is 14.7. The molecule has 0 saturated carbocycles. The number of amides is 1. The lowest BCUT2D eigenvalue weighted by Crippen LogP contribution is -2.33. The van der Waals surface area contributed by atoms with Gasteiger partial charge in [-0.05, 0) is 46.3 Å². The van der Waals surface area contributed by atoms with Crippen LogP contribution in [0, 0.1) is 6.92 Å². The number of carbonyl (C=O) groups excluding carboxylic acids is 1. The number of aryl methyl sites for hydroxylation is 1. The summed E-state index contributed by atoms with van der Waals surface area (Å²) in [5.41, 5.74) is 3.67. The zero-order valence-corrected chi connectivity index (χ0v) is 14.7. The van der Waals surface area contributed by atoms with Crippen LogP contribution in [0.2, 0.25) is 0 Å². The molecule has 0 aliphatic carbocycles. The number of H-pyrrole nitrogens is 1. The average molecular weight is 326 g/mol. The molecule has 0 bridgehead atoms. The van der Waals surface area contributed by atoms with Gasteiger partial charge in [0.05, 0.1) is 17.5 Å². The van der Waals surface area contributed by atoms with Crippen molar-refractivity contribution in [3.63, 3.8) is 0 Å². The van der Waals surface area contributed by atoms with E-state index >= 15 is 0 Å². The predicted octanol–water partition coefficient (Wildman–Crippen LogP) is 2.94. The number of aromatic amines is 1. The third kappa shape index (κ3) is 3.51. The lowest BCUT2D eigenvalue weighted by atomic mass is 10.0. The second-order valence-corrected chi connectivity index (χ2v) is 6.87. The molecule has 5 heteroatoms. The second kappa shape index (κ2) is 7.18. The van der Waals surface area contributed by atoms with Gasteiger partial charge < -0.3 is 9.80 Å². The van der Waals surface area contributed by atoms with Gasteiger partial charge in [0.25, 0.3) is 5.91 Å². The van der Waals surface area contributed by atoms with E-state index in [2.05, 4.69) is 48.2 Å². The molecule has 0 unspecified atom stereocenters. The third-order valence-electron chi connectivity index (χ3n) is 4.89. The molecule has 2 aromatic rings. The number of nitrogens with zero attached hydrogens (tertiary/aromatic N) is 3. The minimum atomic E-state index is 0.0830. The average Bonchev–Trinajstić information content (AvgIpc) is 2.91. The largest absolute Gasteiger partial charge is 0.338 e. The molecule has 1 aliphatic rings. The minimum Gasteiger partial charge on any atom is -0.338 e. The summed E-state index contributed by atoms with van der Waals surface area (Å²) in [6, 6.07) is 8.71. The number of aromatic nitrogens is 2. The third-order valence-corrected chi connectivity index (χ3v) is 4.89. The number of hydrogen-bond acceptors (Lipinski definition) is 3. The molecule has 1 aromatic carbocycles. The van der Waals surface area contributed by atoms with Crippen molar-refractivity contribution in [1.82, 2.24) is 20.0 Å². The highest BCUT2D eigenvalue weighted by Crippen LogP contribution is 2.24. The summed E-state index contributed by atoms with van der Waals surface area (Å²) in [5.74, 6) is 0.0830. The zero-order chi connectivity index (χ0) is 17.1. The number of rotatable bonds is 3. The van der Waals surface area contributed by atoms with Crippen LogP contribution in [-0.4, -0.2) is 59.1 Å². The standard InChI is InChI=1S/C19H26N4O/c1-14-6-4-7-15(12-14)18-17(13-20-21-18)19(24)23-10-5-8-16(9-11-23)22(2)3/h4,6-7,12-13,16H,5,8-11H2,1-3H3,(H,20,21)/t16-/m0/s1. The van der Waals surface area contributed by atoms with Crippen molar-refractivity contribution in [2.45, 2.75) is 32.2 Å². The lowest BCUT2D eigenvalue weighted by molar-refractivity contribution is 0.0759. The predicted molar refractivity (Wildman–Crippen MR) is 96.0 cm³/mol. The molecule has 1 saturated heterocycles. The fourth-order valence-electron chi connectivity index (χ4n) is 3.44. The molecule has 2 heterocycles. The lowest BCUT2D eigenvalue weighted by Gasteiger charge is -2.23. The molecule has 1 aromatic heterocycles. The maximum Gasteiger partial charge on any atom is 0.257 e. The van der Waals surface area contributed by atoms with Gasteiger partial charge in [-0.25, -0.2) is 0 Å². The summed E-state index contributed by atoms with van der Waals surface area (Å²) in [4.78, 5) is 17.3. The van der Waals surface area contributed by atoms with Crippen LogP contribution >= 0.6 is 0 Å². The van der Waals surface area contributed by atoms with E-state index in [1.165, 1.54) is 5.56 Å². The number of hydrogen-bond donors (Lipinski definition) is 1. The minimum absolute atomic E-state index is 0.0830. The Morgan fingerprint density at radius 1 is 1.29 bits per heavy atom. The van der Waals surface area contributed by atoms with Crippen LogP contribution in [0.3, 0.4) is 0 Å². The van der Waals surface area contributed by atoms with Gasteiger partial charge in [0, 0.05) is 24.7 Å². The van der Waals surface area contributed by atoms with Crippen LogP contribution in [0.4, 0.5) is 0 Å². The first kappa shape index (κ1) is 16.7. The molecule has 5 nitrogen and oxygen atoms in total. The van der Waals surface area contributed by atoms with Crippen molar-refractivity contribution in [2.24, 2.45) is 0 Å². The molecule has 24 heavy (non-hydrogen) atoms. The van der Waals surface area contributed by atoms with Gasteiger partial charge in [0.2, 0.25) is 0 Å². The molecule has 1 amide bonds. The Morgan fingerprint density at radius 3 is 2.88 bits per heavy atom. The second-order valence-electron chi connectivity index (χ2n) is 6.87. The van der Waals surface area contributed by atoms with E-state index in [4.69, 9.17) is 0 Å². The molecular weight excluding hydrogens is 300 g/mol. The van der Waals surface area contributed by atoms with Crippen molar-refractivity contribution in [2.75, 3.05) is 27.2 Å². The highest BCUT2D eigenvalue weighted by Gasteiger charge is 2.25. The van der Waals surface area contributed by atoms with Gasteiger partial charge in [0.1, 0.15) is 0 Å². The van der Waals surface area contributed by atoms with E-state index in [1.54, 1.807) is 6.20 Å². The van der Waals surface area contributed by atoms with Crippen LogP contribution in [0.1, 0.15) is 35.2 Å². The Labute approximate surface area is 143 Å². The molecule has 1 atom stereocenters. The quantitative estimate of drug-likeness (QED) is 0.943. The Balaban J connectivity index is 1.80. The summed E-state index contributed by atoms with van der Waals surface area (Å²) in [6.07, 6.45) is 4.88. The molecule has 3 rings (SSSR count). The molecular formula is C19H26N4O. The molecule has 1 aliphatic heterocycles. The topological polar surface area (TPSA) is 52.2 Å². The van der Waals surface area contributed by atoms with Crippen LogP contribution in [0.25, 0.3) is 11.3 Å². The summed E-state index contributed by atoms with van der Waals surface area (Å²) in [7, 11) is 4.24. The SMILES string of the molecule is Cc1cccc(-c2[nH]ncc2C(=O)N2CCC[C@H](N(C)C)CC2)c1. The summed E-state index contributed by atoms with van der Waals surface area (Å²) in [6.45, 7) is 3.68. The maximum absolute atomic E-state index is 13.0. The molecule has 1 N–H and O–H groups in total. The first-order chi connectivity index (χ1) is 11.6. The van der Waals surface area contributed by atoms with Crippen molar-refractivity contribution in [3.05, 3.63) is 41.6 Å². The summed E-state index contributed by atoms with van der Waals surface area (Å²) >= 11 is 0. The van der Waals surface area contributed by atoms with Crippen molar-refractivity contribution >= 4 is 5.91 Å². The molecule has 0 radical (unpaired) electrons. The van der Waals surface area contributed by atoms with Gasteiger partial charge >= 0.3 is 0 Å². The number of benzene rings is 1. The molecule has 128 valence electrons. The fraction of sp³-hybridized carbons (Fsp3) is 0.474. The number of likely N-dealkylation sites (tertiary alicyclic amines) is 1. The van der Waals surface area contributed by atoms with E-state index in [9.17, 15) is 4.79 Å². The smallest absolute Gasteiger partial charge is 0.257 e. The normalized spacial score (nSPS) is 18.7. The maximum atomic E-state index is 13.0. The number of nitrogens with one attached hydrogen (secondary N) is 1. The van der Waals surface area contributed by atoms with Crippen LogP contribution in [0.5, 0.6) is 0 Å². The Bertz CT molecular complexity index is 707. The van der Waals surface area contributed by atoms with Crippen LogP contribution in [0.15, 0.2) is 30.5 Å². The fourth-order valence-corrected chi connectivity index (χ4v) is 3.44. The van der Waals surface area contributed by atoms with E-state index in [0.717, 1.165) is 43.6 Å². The van der Waals surface area contributed by atoms with Gasteiger partial charge in [-0.15, -0.1) is 0 Å². The van der Waals surface area contributed by atoms with Gasteiger partial charge in [-0.3, -0.25) is 9.89 Å². The van der Waals surface area contributed by atoms with Crippen molar-refractivity contribution < 1.29 is 4.79 Å². The van der Waals surface area contributed by atoms with Crippen molar-refractivity contribution in [3.8, 4) is 11.3 Å². The van der Waals surface area contributed by atoms with Crippen LogP contribution < -0.4 is 0 Å². The monoisotopic (exact) mass is 326 g/mol. The van der Waals surface area contributed by atoms with E-state index in [1.807, 2.05) is 17.0 Å². The van der Waals surface area contributed by atoms with E-state index in [-0.39, 0.29) is 5.91 Å². The van der Waals surface area contributed by atoms with E-state index in [0.29, 0.717) is 11.6 Å². The Hall–Kier alpha value is -2.14. The highest BCUT2D eigenvalue weighted by molar-refractivity contribution is 5.99. The molecule has 1 fully saturated rings. The van der Waals surface area contributed by atoms with Crippen LogP contribution in [-0.2, 0) is 0 Å². The highest BCUT2D eigenvalue weighted by atomic mass is 16.2. The first-order valence-corrected chi connectivity index (χ1v) is 8.62. The van der Waals surface area contributed by atoms with Gasteiger partial charge in [0.15, 0.2) is 0 Å². The van der Waals surface area contributed by atoms with Crippen molar-refractivity contribution in [1.29, 1.82) is 0 Å².